The standard InChI is InChI=1S/C19H33NO/c1-18(2,3)10-16-11-20-12-17(21-16)19-7-13-4-14(8-19)6-15(5-13)9-19/h13-17,20H,4-12H2,1-3H3. The Morgan fingerprint density at radius 3 is 2.05 bits per heavy atom. The lowest BCUT2D eigenvalue weighted by molar-refractivity contribution is -0.174. The molecule has 1 heterocycles. The Labute approximate surface area is 130 Å². The molecule has 21 heavy (non-hydrogen) atoms. The molecule has 0 radical (unpaired) electrons. The van der Waals surface area contributed by atoms with Crippen LogP contribution in [0.2, 0.25) is 0 Å². The van der Waals surface area contributed by atoms with Gasteiger partial charge in [-0.1, -0.05) is 20.8 Å². The van der Waals surface area contributed by atoms with Gasteiger partial charge in [0.05, 0.1) is 12.2 Å². The van der Waals surface area contributed by atoms with Gasteiger partial charge in [-0.05, 0) is 73.5 Å². The average molecular weight is 291 g/mol. The summed E-state index contributed by atoms with van der Waals surface area (Å²) >= 11 is 0. The van der Waals surface area contributed by atoms with Crippen molar-refractivity contribution in [1.29, 1.82) is 0 Å². The maximum atomic E-state index is 6.68. The molecular weight excluding hydrogens is 258 g/mol. The van der Waals surface area contributed by atoms with Crippen molar-refractivity contribution in [2.75, 3.05) is 13.1 Å². The molecule has 4 aliphatic carbocycles. The molecule has 0 amide bonds. The van der Waals surface area contributed by atoms with Gasteiger partial charge in [-0.2, -0.15) is 0 Å². The predicted molar refractivity (Wildman–Crippen MR) is 86.2 cm³/mol. The third kappa shape index (κ3) is 2.79. The number of hydrogen-bond acceptors (Lipinski definition) is 2. The molecule has 2 atom stereocenters. The van der Waals surface area contributed by atoms with Gasteiger partial charge in [0.25, 0.3) is 0 Å². The zero-order chi connectivity index (χ0) is 14.7. The van der Waals surface area contributed by atoms with E-state index in [0.717, 1.165) is 30.8 Å². The molecule has 5 fully saturated rings. The van der Waals surface area contributed by atoms with Crippen LogP contribution in [-0.2, 0) is 4.74 Å². The second-order valence-electron chi connectivity index (χ2n) is 9.95. The largest absolute Gasteiger partial charge is 0.372 e. The van der Waals surface area contributed by atoms with E-state index in [4.69, 9.17) is 4.74 Å². The minimum Gasteiger partial charge on any atom is -0.372 e. The van der Waals surface area contributed by atoms with Crippen LogP contribution in [0.15, 0.2) is 0 Å². The lowest BCUT2D eigenvalue weighted by atomic mass is 9.48. The number of rotatable bonds is 2. The predicted octanol–water partition coefficient (Wildman–Crippen LogP) is 4.00. The molecule has 1 aliphatic heterocycles. The van der Waals surface area contributed by atoms with Crippen LogP contribution in [0.3, 0.4) is 0 Å². The lowest BCUT2D eigenvalue weighted by Gasteiger charge is -2.60. The summed E-state index contributed by atoms with van der Waals surface area (Å²) in [6.45, 7) is 9.17. The van der Waals surface area contributed by atoms with Crippen molar-refractivity contribution in [2.24, 2.45) is 28.6 Å². The Morgan fingerprint density at radius 1 is 0.952 bits per heavy atom. The summed E-state index contributed by atoms with van der Waals surface area (Å²) in [6, 6.07) is 0. The van der Waals surface area contributed by atoms with E-state index in [-0.39, 0.29) is 0 Å². The van der Waals surface area contributed by atoms with Crippen LogP contribution in [-0.4, -0.2) is 25.3 Å². The SMILES string of the molecule is CC(C)(C)CC1CNCC(C23CC4CC(CC(C4)C2)C3)O1. The molecule has 4 saturated carbocycles. The highest BCUT2D eigenvalue weighted by atomic mass is 16.5. The normalized spacial score (nSPS) is 49.6. The third-order valence-electron chi connectivity index (χ3n) is 6.67. The Bertz CT molecular complexity index is 362. The van der Waals surface area contributed by atoms with Gasteiger partial charge in [0.15, 0.2) is 0 Å². The van der Waals surface area contributed by atoms with E-state index in [2.05, 4.69) is 26.1 Å². The first kappa shape index (κ1) is 14.5. The van der Waals surface area contributed by atoms with E-state index in [0.29, 0.717) is 23.0 Å². The molecule has 4 bridgehead atoms. The molecule has 0 aromatic carbocycles. The van der Waals surface area contributed by atoms with E-state index in [1.165, 1.54) is 44.9 Å². The average Bonchev–Trinajstić information content (AvgIpc) is 2.35. The monoisotopic (exact) mass is 291 g/mol. The summed E-state index contributed by atoms with van der Waals surface area (Å²) in [4.78, 5) is 0. The first-order valence-electron chi connectivity index (χ1n) is 9.28. The van der Waals surface area contributed by atoms with Crippen molar-refractivity contribution in [1.82, 2.24) is 5.32 Å². The van der Waals surface area contributed by atoms with Crippen molar-refractivity contribution in [2.45, 2.75) is 77.9 Å². The second-order valence-corrected chi connectivity index (χ2v) is 9.95. The Kier molecular flexibility index (Phi) is 3.43. The molecule has 2 nitrogen and oxygen atoms in total. The summed E-state index contributed by atoms with van der Waals surface area (Å²) in [6.07, 6.45) is 11.1. The van der Waals surface area contributed by atoms with Crippen LogP contribution in [0.4, 0.5) is 0 Å². The van der Waals surface area contributed by atoms with Gasteiger partial charge in [-0.25, -0.2) is 0 Å². The molecule has 0 aromatic rings. The lowest BCUT2D eigenvalue weighted by Crippen LogP contribution is -2.59. The summed E-state index contributed by atoms with van der Waals surface area (Å²) in [5, 5.41) is 3.71. The highest BCUT2D eigenvalue weighted by molar-refractivity contribution is 5.06. The Hall–Kier alpha value is -0.0800. The maximum absolute atomic E-state index is 6.68. The fraction of sp³-hybridized carbons (Fsp3) is 1.00. The first-order chi connectivity index (χ1) is 9.92. The molecule has 1 N–H and O–H groups in total. The topological polar surface area (TPSA) is 21.3 Å². The fourth-order valence-electron chi connectivity index (χ4n) is 6.44. The molecule has 0 aromatic heterocycles. The minimum atomic E-state index is 0.371. The van der Waals surface area contributed by atoms with Crippen molar-refractivity contribution in [3.8, 4) is 0 Å². The van der Waals surface area contributed by atoms with Crippen molar-refractivity contribution < 1.29 is 4.74 Å². The molecule has 2 heteroatoms. The van der Waals surface area contributed by atoms with Crippen molar-refractivity contribution in [3.63, 3.8) is 0 Å². The summed E-state index contributed by atoms with van der Waals surface area (Å²) in [5.41, 5.74) is 0.911. The van der Waals surface area contributed by atoms with Crippen LogP contribution >= 0.6 is 0 Å². The van der Waals surface area contributed by atoms with Gasteiger partial charge < -0.3 is 10.1 Å². The molecule has 120 valence electrons. The van der Waals surface area contributed by atoms with Crippen LogP contribution in [0.1, 0.15) is 65.7 Å². The molecule has 1 saturated heterocycles. The minimum absolute atomic E-state index is 0.371. The number of hydrogen-bond donors (Lipinski definition) is 1. The van der Waals surface area contributed by atoms with Crippen LogP contribution in [0, 0.1) is 28.6 Å². The molecule has 5 rings (SSSR count). The summed E-state index contributed by atoms with van der Waals surface area (Å²) in [5.74, 6) is 3.09. The van der Waals surface area contributed by atoms with Crippen molar-refractivity contribution in [3.05, 3.63) is 0 Å². The van der Waals surface area contributed by atoms with Gasteiger partial charge in [0.1, 0.15) is 0 Å². The Morgan fingerprint density at radius 2 is 1.52 bits per heavy atom. The van der Waals surface area contributed by atoms with E-state index < -0.39 is 0 Å². The number of ether oxygens (including phenoxy) is 1. The maximum Gasteiger partial charge on any atom is 0.0760 e. The van der Waals surface area contributed by atoms with E-state index in [9.17, 15) is 0 Å². The smallest absolute Gasteiger partial charge is 0.0760 e. The van der Waals surface area contributed by atoms with E-state index in [1.807, 2.05) is 0 Å². The van der Waals surface area contributed by atoms with Gasteiger partial charge in [-0.15, -0.1) is 0 Å². The second kappa shape index (κ2) is 4.96. The molecule has 5 aliphatic rings. The van der Waals surface area contributed by atoms with E-state index >= 15 is 0 Å². The van der Waals surface area contributed by atoms with Crippen LogP contribution < -0.4 is 5.32 Å². The van der Waals surface area contributed by atoms with E-state index in [1.54, 1.807) is 0 Å². The van der Waals surface area contributed by atoms with Crippen LogP contribution in [0.5, 0.6) is 0 Å². The summed E-state index contributed by atoms with van der Waals surface area (Å²) in [7, 11) is 0. The fourth-order valence-corrected chi connectivity index (χ4v) is 6.44. The highest BCUT2D eigenvalue weighted by Crippen LogP contribution is 2.62. The summed E-state index contributed by atoms with van der Waals surface area (Å²) < 4.78 is 6.68. The third-order valence-corrected chi connectivity index (χ3v) is 6.67. The van der Waals surface area contributed by atoms with Crippen LogP contribution in [0.25, 0.3) is 0 Å². The zero-order valence-corrected chi connectivity index (χ0v) is 14.2. The molecule has 0 spiro atoms. The van der Waals surface area contributed by atoms with Gasteiger partial charge >= 0.3 is 0 Å². The van der Waals surface area contributed by atoms with Gasteiger partial charge in [0, 0.05) is 13.1 Å². The number of morpholine rings is 1. The zero-order valence-electron chi connectivity index (χ0n) is 14.2. The first-order valence-corrected chi connectivity index (χ1v) is 9.28. The Balaban J connectivity index is 1.48. The number of nitrogens with one attached hydrogen (secondary N) is 1. The van der Waals surface area contributed by atoms with Crippen molar-refractivity contribution >= 4 is 0 Å². The molecule has 2 unspecified atom stereocenters. The van der Waals surface area contributed by atoms with Gasteiger partial charge in [0.2, 0.25) is 0 Å². The quantitative estimate of drug-likeness (QED) is 0.830. The highest BCUT2D eigenvalue weighted by Gasteiger charge is 2.55. The van der Waals surface area contributed by atoms with Gasteiger partial charge in [-0.3, -0.25) is 0 Å². The molecular formula is C19H33NO.